The number of piperazine rings is 1. The molecule has 0 bridgehead atoms. The van der Waals surface area contributed by atoms with E-state index in [0.717, 1.165) is 35.5 Å². The first kappa shape index (κ1) is 20.3. The number of nitrogens with zero attached hydrogens (tertiary/aromatic N) is 5. The van der Waals surface area contributed by atoms with Crippen LogP contribution >= 0.6 is 27.5 Å². The van der Waals surface area contributed by atoms with Gasteiger partial charge in [-0.1, -0.05) is 34.0 Å². The molecule has 2 aliphatic rings. The quantitative estimate of drug-likeness (QED) is 0.662. The van der Waals surface area contributed by atoms with Gasteiger partial charge in [-0.05, 0) is 31.0 Å². The number of rotatable bonds is 4. The summed E-state index contributed by atoms with van der Waals surface area (Å²) in [6.45, 7) is 3.89. The molecule has 1 fully saturated rings. The van der Waals surface area contributed by atoms with Crippen molar-refractivity contribution in [3.05, 3.63) is 39.3 Å². The Labute approximate surface area is 178 Å². The molecule has 28 heavy (non-hydrogen) atoms. The molecule has 2 aromatic rings. The van der Waals surface area contributed by atoms with Crippen LogP contribution in [0.15, 0.2) is 27.6 Å². The Morgan fingerprint density at radius 1 is 1.04 bits per heavy atom. The summed E-state index contributed by atoms with van der Waals surface area (Å²) in [6.07, 6.45) is 4.57. The van der Waals surface area contributed by atoms with Gasteiger partial charge in [-0.3, -0.25) is 4.90 Å². The zero-order valence-electron chi connectivity index (χ0n) is 15.5. The molecule has 1 saturated heterocycles. The number of aromatic nitrogens is 3. The minimum absolute atomic E-state index is 0.161. The van der Waals surface area contributed by atoms with Gasteiger partial charge in [0, 0.05) is 43.6 Å². The zero-order chi connectivity index (χ0) is 19.7. The molecule has 1 aromatic carbocycles. The van der Waals surface area contributed by atoms with Crippen molar-refractivity contribution in [2.45, 2.75) is 43.7 Å². The van der Waals surface area contributed by atoms with Gasteiger partial charge < -0.3 is 4.57 Å². The highest BCUT2D eigenvalue weighted by molar-refractivity contribution is 9.10. The molecule has 0 atom stereocenters. The van der Waals surface area contributed by atoms with Crippen LogP contribution in [0.2, 0.25) is 5.02 Å². The normalized spacial score (nSPS) is 19.4. The Morgan fingerprint density at radius 2 is 1.82 bits per heavy atom. The zero-order valence-corrected chi connectivity index (χ0v) is 18.7. The van der Waals surface area contributed by atoms with Gasteiger partial charge in [-0.15, -0.1) is 10.2 Å². The third-order valence-electron chi connectivity index (χ3n) is 5.39. The summed E-state index contributed by atoms with van der Waals surface area (Å²) in [5, 5.41) is 8.98. The van der Waals surface area contributed by atoms with Crippen LogP contribution in [0.1, 0.15) is 30.9 Å². The van der Waals surface area contributed by atoms with Gasteiger partial charge in [0.2, 0.25) is 10.0 Å². The molecular formula is C18H23BrClN5O2S. The highest BCUT2D eigenvalue weighted by Gasteiger charge is 2.30. The van der Waals surface area contributed by atoms with Crippen molar-refractivity contribution < 1.29 is 8.42 Å². The second kappa shape index (κ2) is 8.39. The lowest BCUT2D eigenvalue weighted by atomic mass is 10.2. The average Bonchev–Trinajstić information content (AvgIpc) is 2.88. The van der Waals surface area contributed by atoms with Crippen LogP contribution in [0, 0.1) is 0 Å². The van der Waals surface area contributed by atoms with E-state index in [1.165, 1.54) is 17.1 Å². The molecular weight excluding hydrogens is 466 g/mol. The third kappa shape index (κ3) is 4.14. The number of benzene rings is 1. The van der Waals surface area contributed by atoms with Gasteiger partial charge in [0.25, 0.3) is 0 Å². The van der Waals surface area contributed by atoms with E-state index < -0.39 is 10.0 Å². The molecule has 0 N–H and O–H groups in total. The fourth-order valence-corrected chi connectivity index (χ4v) is 6.25. The van der Waals surface area contributed by atoms with Crippen LogP contribution < -0.4 is 0 Å². The molecule has 4 rings (SSSR count). The third-order valence-corrected chi connectivity index (χ3v) is 8.27. The Balaban J connectivity index is 1.42. The Bertz CT molecular complexity index is 957. The predicted octanol–water partition coefficient (Wildman–Crippen LogP) is 2.93. The van der Waals surface area contributed by atoms with E-state index in [0.29, 0.717) is 32.7 Å². The number of fused-ring (bicyclic) bond motifs is 1. The van der Waals surface area contributed by atoms with Crippen LogP contribution in [0.5, 0.6) is 0 Å². The molecule has 152 valence electrons. The van der Waals surface area contributed by atoms with E-state index in [2.05, 4.69) is 35.6 Å². The molecule has 0 saturated carbocycles. The van der Waals surface area contributed by atoms with E-state index in [-0.39, 0.29) is 9.92 Å². The molecule has 2 aliphatic heterocycles. The van der Waals surface area contributed by atoms with Crippen LogP contribution in [0.4, 0.5) is 0 Å². The largest absolute Gasteiger partial charge is 0.314 e. The maximum atomic E-state index is 13.0. The second-order valence-corrected chi connectivity index (χ2v) is 10.5. The predicted molar refractivity (Wildman–Crippen MR) is 111 cm³/mol. The lowest BCUT2D eigenvalue weighted by Gasteiger charge is -2.33. The average molecular weight is 489 g/mol. The molecule has 3 heterocycles. The van der Waals surface area contributed by atoms with Crippen LogP contribution in [0.25, 0.3) is 0 Å². The van der Waals surface area contributed by atoms with Crippen molar-refractivity contribution in [2.75, 3.05) is 26.2 Å². The molecule has 0 spiro atoms. The van der Waals surface area contributed by atoms with Gasteiger partial charge in [0.1, 0.15) is 16.5 Å². The van der Waals surface area contributed by atoms with Gasteiger partial charge in [-0.2, -0.15) is 4.31 Å². The fourth-order valence-electron chi connectivity index (χ4n) is 3.81. The topological polar surface area (TPSA) is 71.3 Å². The van der Waals surface area contributed by atoms with Crippen molar-refractivity contribution in [1.29, 1.82) is 0 Å². The van der Waals surface area contributed by atoms with E-state index in [9.17, 15) is 8.42 Å². The fraction of sp³-hybridized carbons (Fsp3) is 0.556. The molecule has 10 heteroatoms. The van der Waals surface area contributed by atoms with E-state index in [4.69, 9.17) is 11.6 Å². The van der Waals surface area contributed by atoms with Crippen LogP contribution in [-0.2, 0) is 29.5 Å². The number of halogens is 2. The number of aryl methyl sites for hydroxylation is 1. The standard InChI is InChI=1S/C18H23BrClN5O2S/c19-14-5-6-16(15(20)12-14)28(26,27)24-10-8-23(9-11-24)13-18-22-21-17-4-2-1-3-7-25(17)18/h5-6,12H,1-4,7-11,13H2. The monoisotopic (exact) mass is 487 g/mol. The summed E-state index contributed by atoms with van der Waals surface area (Å²) >= 11 is 9.49. The summed E-state index contributed by atoms with van der Waals surface area (Å²) in [6, 6.07) is 4.87. The van der Waals surface area contributed by atoms with Crippen molar-refractivity contribution in [1.82, 2.24) is 24.0 Å². The van der Waals surface area contributed by atoms with Crippen molar-refractivity contribution in [3.8, 4) is 0 Å². The highest BCUT2D eigenvalue weighted by Crippen LogP contribution is 2.28. The summed E-state index contributed by atoms with van der Waals surface area (Å²) in [5.41, 5.74) is 0. The first-order valence-corrected chi connectivity index (χ1v) is 12.1. The summed E-state index contributed by atoms with van der Waals surface area (Å²) in [7, 11) is -3.59. The Hall–Kier alpha value is -1.00. The summed E-state index contributed by atoms with van der Waals surface area (Å²) < 4.78 is 30.4. The molecule has 0 aliphatic carbocycles. The minimum Gasteiger partial charge on any atom is -0.314 e. The molecule has 0 unspecified atom stereocenters. The highest BCUT2D eigenvalue weighted by atomic mass is 79.9. The molecule has 1 aromatic heterocycles. The van der Waals surface area contributed by atoms with E-state index in [1.54, 1.807) is 18.2 Å². The second-order valence-electron chi connectivity index (χ2n) is 7.25. The van der Waals surface area contributed by atoms with Gasteiger partial charge in [0.15, 0.2) is 0 Å². The first-order chi connectivity index (χ1) is 13.4. The maximum Gasteiger partial charge on any atom is 0.244 e. The van der Waals surface area contributed by atoms with Gasteiger partial charge >= 0.3 is 0 Å². The van der Waals surface area contributed by atoms with E-state index >= 15 is 0 Å². The van der Waals surface area contributed by atoms with Crippen molar-refractivity contribution >= 4 is 37.6 Å². The molecule has 0 radical (unpaired) electrons. The number of hydrogen-bond acceptors (Lipinski definition) is 5. The lowest BCUT2D eigenvalue weighted by Crippen LogP contribution is -2.48. The van der Waals surface area contributed by atoms with Crippen LogP contribution in [-0.4, -0.2) is 58.6 Å². The summed E-state index contributed by atoms with van der Waals surface area (Å²) in [5.74, 6) is 2.07. The first-order valence-electron chi connectivity index (χ1n) is 9.53. The van der Waals surface area contributed by atoms with Crippen LogP contribution in [0.3, 0.4) is 0 Å². The molecule has 0 amide bonds. The SMILES string of the molecule is O=S(=O)(c1ccc(Br)cc1Cl)N1CCN(Cc2nnc3n2CCCCC3)CC1. The Kier molecular flexibility index (Phi) is 6.08. The number of hydrogen-bond donors (Lipinski definition) is 0. The summed E-state index contributed by atoms with van der Waals surface area (Å²) in [4.78, 5) is 2.41. The molecule has 7 nitrogen and oxygen atoms in total. The van der Waals surface area contributed by atoms with E-state index in [1.807, 2.05) is 0 Å². The van der Waals surface area contributed by atoms with Gasteiger partial charge in [0.05, 0.1) is 11.6 Å². The smallest absolute Gasteiger partial charge is 0.244 e. The minimum atomic E-state index is -3.59. The maximum absolute atomic E-state index is 13.0. The Morgan fingerprint density at radius 3 is 2.57 bits per heavy atom. The lowest BCUT2D eigenvalue weighted by molar-refractivity contribution is 0.176. The van der Waals surface area contributed by atoms with Gasteiger partial charge in [-0.25, -0.2) is 8.42 Å². The van der Waals surface area contributed by atoms with Crippen molar-refractivity contribution in [2.24, 2.45) is 0 Å². The van der Waals surface area contributed by atoms with Crippen molar-refractivity contribution in [3.63, 3.8) is 0 Å². The number of sulfonamides is 1.